The van der Waals surface area contributed by atoms with Gasteiger partial charge in [-0.25, -0.2) is 8.42 Å². The number of anilines is 1. The fourth-order valence-corrected chi connectivity index (χ4v) is 6.67. The number of hydrogen-bond donors (Lipinski definition) is 1. The molecule has 0 aliphatic rings. The van der Waals surface area contributed by atoms with E-state index in [1.54, 1.807) is 30.3 Å². The monoisotopic (exact) mass is 520 g/mol. The average Bonchev–Trinajstić information content (AvgIpc) is 3.25. The van der Waals surface area contributed by atoms with Gasteiger partial charge in [0.05, 0.1) is 29.8 Å². The standard InChI is InChI=1S/C32H28N2O3S/c1-23-14-18-28(19-15-23)38(36,37)34(26-17-16-24-8-2-3-9-25(24)20-26)22-27(35)21-33-31-12-6-4-10-29(31)30-11-5-7-13-32(30)33/h2-20,27,35H,21-22H2,1H3/t27-/m1/s1. The number of hydrogen-bond acceptors (Lipinski definition) is 3. The second-order valence-corrected chi connectivity index (χ2v) is 11.5. The maximum Gasteiger partial charge on any atom is 0.264 e. The first kappa shape index (κ1) is 24.2. The van der Waals surface area contributed by atoms with Crippen LogP contribution in [-0.2, 0) is 16.6 Å². The third kappa shape index (κ3) is 4.32. The van der Waals surface area contributed by atoms with Crippen LogP contribution in [0.4, 0.5) is 5.69 Å². The van der Waals surface area contributed by atoms with Gasteiger partial charge in [0.15, 0.2) is 0 Å². The molecule has 1 aromatic heterocycles. The van der Waals surface area contributed by atoms with Crippen molar-refractivity contribution in [1.82, 2.24) is 4.57 Å². The van der Waals surface area contributed by atoms with Crippen LogP contribution in [0.1, 0.15) is 5.56 Å². The van der Waals surface area contributed by atoms with E-state index in [9.17, 15) is 13.5 Å². The van der Waals surface area contributed by atoms with Crippen molar-refractivity contribution < 1.29 is 13.5 Å². The van der Waals surface area contributed by atoms with Crippen molar-refractivity contribution >= 4 is 48.3 Å². The maximum absolute atomic E-state index is 14.0. The Morgan fingerprint density at radius 1 is 0.737 bits per heavy atom. The second-order valence-electron chi connectivity index (χ2n) is 9.68. The van der Waals surface area contributed by atoms with Crippen molar-refractivity contribution in [1.29, 1.82) is 0 Å². The van der Waals surface area contributed by atoms with Gasteiger partial charge in [-0.3, -0.25) is 4.31 Å². The van der Waals surface area contributed by atoms with Gasteiger partial charge in [0, 0.05) is 21.8 Å². The maximum atomic E-state index is 14.0. The lowest BCUT2D eigenvalue weighted by atomic mass is 10.1. The van der Waals surface area contributed by atoms with Gasteiger partial charge in [-0.15, -0.1) is 0 Å². The van der Waals surface area contributed by atoms with Gasteiger partial charge in [-0.05, 0) is 54.1 Å². The summed E-state index contributed by atoms with van der Waals surface area (Å²) in [5, 5.41) is 15.6. The van der Waals surface area contributed by atoms with E-state index in [-0.39, 0.29) is 18.0 Å². The lowest BCUT2D eigenvalue weighted by Gasteiger charge is -2.28. The predicted molar refractivity (Wildman–Crippen MR) is 155 cm³/mol. The third-order valence-corrected chi connectivity index (χ3v) is 8.89. The fourth-order valence-electron chi connectivity index (χ4n) is 5.17. The lowest BCUT2D eigenvalue weighted by Crippen LogP contribution is -2.39. The number of sulfonamides is 1. The Bertz CT molecular complexity index is 1820. The molecule has 0 saturated heterocycles. The first-order valence-corrected chi connectivity index (χ1v) is 14.1. The van der Waals surface area contributed by atoms with E-state index in [4.69, 9.17) is 0 Å². The fraction of sp³-hybridized carbons (Fsp3) is 0.125. The summed E-state index contributed by atoms with van der Waals surface area (Å²) in [6.07, 6.45) is -0.957. The van der Waals surface area contributed by atoms with Crippen molar-refractivity contribution in [2.24, 2.45) is 0 Å². The minimum absolute atomic E-state index is 0.0879. The van der Waals surface area contributed by atoms with Crippen molar-refractivity contribution in [3.05, 3.63) is 121 Å². The normalized spacial score (nSPS) is 12.8. The van der Waals surface area contributed by atoms with Crippen molar-refractivity contribution in [3.8, 4) is 0 Å². The van der Waals surface area contributed by atoms with E-state index < -0.39 is 16.1 Å². The number of aryl methyl sites for hydroxylation is 1. The molecule has 0 aliphatic carbocycles. The van der Waals surface area contributed by atoms with E-state index >= 15 is 0 Å². The Morgan fingerprint density at radius 2 is 1.32 bits per heavy atom. The molecular weight excluding hydrogens is 492 g/mol. The molecule has 0 bridgehead atoms. The van der Waals surface area contributed by atoms with Crippen LogP contribution in [0.25, 0.3) is 32.6 Å². The second kappa shape index (κ2) is 9.63. The molecule has 0 spiro atoms. The van der Waals surface area contributed by atoms with E-state index in [0.717, 1.165) is 38.1 Å². The molecule has 0 amide bonds. The molecule has 5 aromatic carbocycles. The molecule has 38 heavy (non-hydrogen) atoms. The highest BCUT2D eigenvalue weighted by atomic mass is 32.2. The van der Waals surface area contributed by atoms with Crippen LogP contribution >= 0.6 is 0 Å². The SMILES string of the molecule is Cc1ccc(S(=O)(=O)N(C[C@H](O)Cn2c3ccccc3c3ccccc32)c2ccc3ccccc3c2)cc1. The van der Waals surface area contributed by atoms with Gasteiger partial charge in [0.25, 0.3) is 10.0 Å². The summed E-state index contributed by atoms with van der Waals surface area (Å²) in [6, 6.07) is 36.5. The quantitative estimate of drug-likeness (QED) is 0.261. The number of fused-ring (bicyclic) bond motifs is 4. The summed E-state index contributed by atoms with van der Waals surface area (Å²) < 4.78 is 31.3. The first-order chi connectivity index (χ1) is 18.4. The van der Waals surface area contributed by atoms with Crippen LogP contribution in [0.5, 0.6) is 0 Å². The first-order valence-electron chi connectivity index (χ1n) is 12.6. The molecule has 1 heterocycles. The Labute approximate surface area is 222 Å². The van der Waals surface area contributed by atoms with Crippen molar-refractivity contribution in [3.63, 3.8) is 0 Å². The van der Waals surface area contributed by atoms with Crippen LogP contribution in [0.15, 0.2) is 120 Å². The summed E-state index contributed by atoms with van der Waals surface area (Å²) in [7, 11) is -3.93. The minimum Gasteiger partial charge on any atom is -0.389 e. The number of para-hydroxylation sites is 2. The van der Waals surface area contributed by atoms with Gasteiger partial charge >= 0.3 is 0 Å². The summed E-state index contributed by atoms with van der Waals surface area (Å²) in [5.41, 5.74) is 3.51. The Balaban J connectivity index is 1.41. The summed E-state index contributed by atoms with van der Waals surface area (Å²) in [5.74, 6) is 0. The van der Waals surface area contributed by atoms with Gasteiger partial charge in [0.1, 0.15) is 0 Å². The molecule has 190 valence electrons. The van der Waals surface area contributed by atoms with Crippen LogP contribution in [0.3, 0.4) is 0 Å². The molecule has 1 atom stereocenters. The van der Waals surface area contributed by atoms with Crippen LogP contribution in [-0.4, -0.2) is 30.7 Å². The summed E-state index contributed by atoms with van der Waals surface area (Å²) >= 11 is 0. The zero-order chi connectivity index (χ0) is 26.3. The van der Waals surface area contributed by atoms with E-state index in [1.165, 1.54) is 4.31 Å². The Morgan fingerprint density at radius 3 is 1.97 bits per heavy atom. The third-order valence-electron chi connectivity index (χ3n) is 7.08. The number of nitrogens with zero attached hydrogens (tertiary/aromatic N) is 2. The molecule has 0 fully saturated rings. The Hall–Kier alpha value is -4.13. The van der Waals surface area contributed by atoms with E-state index in [1.807, 2.05) is 79.7 Å². The van der Waals surface area contributed by atoms with Gasteiger partial charge in [-0.2, -0.15) is 0 Å². The molecule has 0 saturated carbocycles. The smallest absolute Gasteiger partial charge is 0.264 e. The van der Waals surface area contributed by atoms with Crippen LogP contribution < -0.4 is 4.31 Å². The van der Waals surface area contributed by atoms with E-state index in [0.29, 0.717) is 5.69 Å². The van der Waals surface area contributed by atoms with Crippen LogP contribution in [0.2, 0.25) is 0 Å². The Kier molecular flexibility index (Phi) is 6.14. The number of aliphatic hydroxyl groups excluding tert-OH is 1. The number of rotatable bonds is 7. The highest BCUT2D eigenvalue weighted by Gasteiger charge is 2.28. The van der Waals surface area contributed by atoms with Gasteiger partial charge in [0.2, 0.25) is 0 Å². The highest BCUT2D eigenvalue weighted by Crippen LogP contribution is 2.31. The van der Waals surface area contributed by atoms with E-state index in [2.05, 4.69) is 16.7 Å². The lowest BCUT2D eigenvalue weighted by molar-refractivity contribution is 0.166. The van der Waals surface area contributed by atoms with Gasteiger partial charge in [-0.1, -0.05) is 84.4 Å². The molecule has 6 heteroatoms. The van der Waals surface area contributed by atoms with Crippen molar-refractivity contribution in [2.75, 3.05) is 10.8 Å². The summed E-state index contributed by atoms with van der Waals surface area (Å²) in [4.78, 5) is 0.195. The largest absolute Gasteiger partial charge is 0.389 e. The number of aliphatic hydroxyl groups is 1. The molecular formula is C32H28N2O3S. The predicted octanol–water partition coefficient (Wildman–Crippen LogP) is 6.51. The van der Waals surface area contributed by atoms with Crippen LogP contribution in [0, 0.1) is 6.92 Å². The molecule has 6 aromatic rings. The highest BCUT2D eigenvalue weighted by molar-refractivity contribution is 7.92. The number of aromatic nitrogens is 1. The molecule has 5 nitrogen and oxygen atoms in total. The topological polar surface area (TPSA) is 62.5 Å². The molecule has 1 N–H and O–H groups in total. The average molecular weight is 521 g/mol. The molecule has 6 rings (SSSR count). The van der Waals surface area contributed by atoms with Gasteiger partial charge < -0.3 is 9.67 Å². The molecule has 0 unspecified atom stereocenters. The minimum atomic E-state index is -3.93. The molecule has 0 aliphatic heterocycles. The zero-order valence-electron chi connectivity index (χ0n) is 21.0. The summed E-state index contributed by atoms with van der Waals surface area (Å²) in [6.45, 7) is 2.09. The number of benzene rings is 5. The zero-order valence-corrected chi connectivity index (χ0v) is 21.8. The molecule has 0 radical (unpaired) electrons. The van der Waals surface area contributed by atoms with Crippen molar-refractivity contribution in [2.45, 2.75) is 24.5 Å².